The first-order chi connectivity index (χ1) is 11.1. The summed E-state index contributed by atoms with van der Waals surface area (Å²) < 4.78 is 141. The van der Waals surface area contributed by atoms with Crippen molar-refractivity contribution in [2.75, 3.05) is 19.8 Å². The van der Waals surface area contributed by atoms with Gasteiger partial charge in [0.25, 0.3) is 0 Å². The molecule has 0 radical (unpaired) electrons. The van der Waals surface area contributed by atoms with Crippen LogP contribution in [0.25, 0.3) is 0 Å². The lowest BCUT2D eigenvalue weighted by molar-refractivity contribution is -0.465. The molecular formula is C10H8F10O5. The summed E-state index contributed by atoms with van der Waals surface area (Å²) in [6.07, 6.45) is -20.2. The van der Waals surface area contributed by atoms with Crippen LogP contribution in [-0.2, 0) is 18.9 Å². The normalized spacial score (nSPS) is 21.9. The summed E-state index contributed by atoms with van der Waals surface area (Å²) in [5.74, 6) is -11.5. The Morgan fingerprint density at radius 2 is 1.60 bits per heavy atom. The molecule has 2 unspecified atom stereocenters. The molecule has 1 heterocycles. The van der Waals surface area contributed by atoms with Gasteiger partial charge in [0.1, 0.15) is 13.2 Å². The third-order valence-corrected chi connectivity index (χ3v) is 2.62. The first-order valence-corrected chi connectivity index (χ1v) is 6.03. The molecule has 0 saturated carbocycles. The molecule has 15 heteroatoms. The Kier molecular flexibility index (Phi) is 6.04. The Balaban J connectivity index is 2.89. The van der Waals surface area contributed by atoms with Gasteiger partial charge in [-0.15, -0.1) is 0 Å². The van der Waals surface area contributed by atoms with E-state index < -0.39 is 62.6 Å². The molecule has 1 aliphatic rings. The Hall–Kier alpha value is -1.51. The minimum Gasteiger partial charge on any atom is -0.430 e. The van der Waals surface area contributed by atoms with Gasteiger partial charge >= 0.3 is 36.6 Å². The summed E-state index contributed by atoms with van der Waals surface area (Å²) in [6, 6.07) is 0. The van der Waals surface area contributed by atoms with Crippen molar-refractivity contribution in [2.24, 2.45) is 0 Å². The summed E-state index contributed by atoms with van der Waals surface area (Å²) in [5, 5.41) is 0. The number of hydrogen-bond donors (Lipinski definition) is 0. The fourth-order valence-electron chi connectivity index (χ4n) is 1.33. The fourth-order valence-corrected chi connectivity index (χ4v) is 1.33. The van der Waals surface area contributed by atoms with E-state index >= 15 is 0 Å². The van der Waals surface area contributed by atoms with Gasteiger partial charge in [-0.2, -0.15) is 35.1 Å². The number of rotatable bonds is 8. The van der Waals surface area contributed by atoms with Gasteiger partial charge in [0.15, 0.2) is 6.10 Å². The van der Waals surface area contributed by atoms with Crippen molar-refractivity contribution in [3.8, 4) is 0 Å². The van der Waals surface area contributed by atoms with E-state index in [1.807, 2.05) is 0 Å². The highest BCUT2D eigenvalue weighted by Gasteiger charge is 2.75. The molecule has 0 spiro atoms. The van der Waals surface area contributed by atoms with Crippen LogP contribution in [0.3, 0.4) is 0 Å². The van der Waals surface area contributed by atoms with E-state index in [1.54, 1.807) is 0 Å². The van der Waals surface area contributed by atoms with Crippen molar-refractivity contribution in [3.63, 3.8) is 0 Å². The highest BCUT2D eigenvalue weighted by atomic mass is 19.4. The molecule has 2 atom stereocenters. The maximum Gasteiger partial charge on any atom is 0.508 e. The molecule has 0 bridgehead atoms. The summed E-state index contributed by atoms with van der Waals surface area (Å²) >= 11 is 0. The van der Waals surface area contributed by atoms with Crippen LogP contribution in [0.15, 0.2) is 0 Å². The third-order valence-electron chi connectivity index (χ3n) is 2.62. The first-order valence-electron chi connectivity index (χ1n) is 6.03. The lowest BCUT2D eigenvalue weighted by Gasteiger charge is -2.34. The minimum absolute atomic E-state index is 0.718. The van der Waals surface area contributed by atoms with Crippen LogP contribution in [0, 0.1) is 0 Å². The Bertz CT molecular complexity index is 481. The number of carbonyl (C=O) groups excluding carboxylic acids is 1. The van der Waals surface area contributed by atoms with Crippen molar-refractivity contribution in [1.29, 1.82) is 0 Å². The van der Waals surface area contributed by atoms with Gasteiger partial charge in [0, 0.05) is 0 Å². The second kappa shape index (κ2) is 7.01. The summed E-state index contributed by atoms with van der Waals surface area (Å²) in [5.41, 5.74) is 0. The molecular weight excluding hydrogens is 390 g/mol. The highest BCUT2D eigenvalue weighted by Crippen LogP contribution is 2.47. The van der Waals surface area contributed by atoms with E-state index in [0.29, 0.717) is 0 Å². The number of halogens is 10. The first kappa shape index (κ1) is 21.5. The fraction of sp³-hybridized carbons (Fsp3) is 0.900. The summed E-state index contributed by atoms with van der Waals surface area (Å²) in [4.78, 5) is 10.5. The number of ether oxygens (including phenoxy) is 4. The predicted octanol–water partition coefficient (Wildman–Crippen LogP) is 3.28. The monoisotopic (exact) mass is 398 g/mol. The Morgan fingerprint density at radius 3 is 2.00 bits per heavy atom. The van der Waals surface area contributed by atoms with Crippen LogP contribution in [-0.4, -0.2) is 62.6 Å². The van der Waals surface area contributed by atoms with Crippen LogP contribution in [0.5, 0.6) is 0 Å². The Morgan fingerprint density at radius 1 is 1.04 bits per heavy atom. The highest BCUT2D eigenvalue weighted by molar-refractivity contribution is 5.61. The summed E-state index contributed by atoms with van der Waals surface area (Å²) in [6.45, 7) is -5.26. The van der Waals surface area contributed by atoms with Crippen molar-refractivity contribution in [2.45, 2.75) is 36.6 Å². The van der Waals surface area contributed by atoms with E-state index in [1.165, 1.54) is 0 Å². The van der Waals surface area contributed by atoms with Crippen molar-refractivity contribution in [3.05, 3.63) is 0 Å². The van der Waals surface area contributed by atoms with E-state index in [2.05, 4.69) is 18.9 Å². The summed E-state index contributed by atoms with van der Waals surface area (Å²) in [7, 11) is 0. The average Bonchev–Trinajstić information content (AvgIpc) is 2.87. The molecule has 1 aliphatic heterocycles. The molecule has 0 aromatic rings. The van der Waals surface area contributed by atoms with Crippen molar-refractivity contribution >= 4 is 6.16 Å². The maximum atomic E-state index is 13.7. The number of cyclic esters (lactones) is 2. The van der Waals surface area contributed by atoms with Crippen LogP contribution >= 0.6 is 0 Å². The molecule has 1 rings (SSSR count). The predicted molar refractivity (Wildman–Crippen MR) is 53.9 cm³/mol. The topological polar surface area (TPSA) is 54.0 Å². The third kappa shape index (κ3) is 4.77. The van der Waals surface area contributed by atoms with Gasteiger partial charge in [0.05, 0.1) is 6.61 Å². The largest absolute Gasteiger partial charge is 0.508 e. The Labute approximate surface area is 131 Å². The maximum absolute atomic E-state index is 13.7. The number of hydrogen-bond acceptors (Lipinski definition) is 5. The zero-order valence-corrected chi connectivity index (χ0v) is 11.6. The minimum atomic E-state index is -6.64. The average molecular weight is 398 g/mol. The van der Waals surface area contributed by atoms with Gasteiger partial charge in [-0.3, -0.25) is 0 Å². The van der Waals surface area contributed by atoms with E-state index in [-0.39, 0.29) is 0 Å². The smallest absolute Gasteiger partial charge is 0.430 e. The molecule has 0 amide bonds. The second-order valence-corrected chi connectivity index (χ2v) is 4.57. The standard InChI is InChI=1S/C10H8F10O5/c11-5(12)7(13,14)3-24-8(15,9(16,17)18)10(19,20)23-2-4-1-22-6(21)25-4/h4-5H,1-3H2. The molecule has 25 heavy (non-hydrogen) atoms. The molecule has 1 saturated heterocycles. The van der Waals surface area contributed by atoms with E-state index in [0.717, 1.165) is 0 Å². The van der Waals surface area contributed by atoms with Crippen LogP contribution in [0.2, 0.25) is 0 Å². The van der Waals surface area contributed by atoms with Gasteiger partial charge in [-0.25, -0.2) is 13.6 Å². The lowest BCUT2D eigenvalue weighted by Crippen LogP contribution is -2.60. The van der Waals surface area contributed by atoms with Crippen molar-refractivity contribution < 1.29 is 67.6 Å². The molecule has 148 valence electrons. The second-order valence-electron chi connectivity index (χ2n) is 4.57. The SMILES string of the molecule is O=C1OCC(COC(F)(F)C(F)(OCC(F)(F)C(F)F)C(F)(F)F)O1. The molecule has 0 N–H and O–H groups in total. The van der Waals surface area contributed by atoms with Crippen LogP contribution in [0.4, 0.5) is 48.7 Å². The van der Waals surface area contributed by atoms with Crippen molar-refractivity contribution in [1.82, 2.24) is 0 Å². The van der Waals surface area contributed by atoms with Gasteiger partial charge in [0.2, 0.25) is 0 Å². The van der Waals surface area contributed by atoms with E-state index in [9.17, 15) is 48.7 Å². The lowest BCUT2D eigenvalue weighted by atomic mass is 10.2. The van der Waals surface area contributed by atoms with Gasteiger partial charge in [-0.1, -0.05) is 0 Å². The van der Waals surface area contributed by atoms with Crippen LogP contribution < -0.4 is 0 Å². The van der Waals surface area contributed by atoms with E-state index in [4.69, 9.17) is 0 Å². The van der Waals surface area contributed by atoms with Gasteiger partial charge < -0.3 is 18.9 Å². The molecule has 1 fully saturated rings. The molecule has 5 nitrogen and oxygen atoms in total. The zero-order valence-electron chi connectivity index (χ0n) is 11.6. The molecule has 0 aromatic carbocycles. The van der Waals surface area contributed by atoms with Gasteiger partial charge in [-0.05, 0) is 0 Å². The molecule has 0 aliphatic carbocycles. The number of carbonyl (C=O) groups is 1. The molecule has 0 aromatic heterocycles. The number of alkyl halides is 10. The quantitative estimate of drug-likeness (QED) is 0.464. The zero-order chi connectivity index (χ0) is 19.7. The van der Waals surface area contributed by atoms with Crippen LogP contribution in [0.1, 0.15) is 0 Å².